The van der Waals surface area contributed by atoms with Crippen LogP contribution in [-0.2, 0) is 18.3 Å². The summed E-state index contributed by atoms with van der Waals surface area (Å²) >= 11 is 0. The lowest BCUT2D eigenvalue weighted by atomic mass is 10.1. The molecule has 1 aliphatic heterocycles. The molecule has 0 spiro atoms. The zero-order valence-corrected chi connectivity index (χ0v) is 12.8. The normalized spacial score (nSPS) is 16.6. The highest BCUT2D eigenvalue weighted by Crippen LogP contribution is 2.39. The third kappa shape index (κ3) is 2.12. The Labute approximate surface area is 132 Å². The molecule has 0 radical (unpaired) electrons. The van der Waals surface area contributed by atoms with E-state index < -0.39 is 0 Å². The second kappa shape index (κ2) is 5.05. The lowest BCUT2D eigenvalue weighted by Gasteiger charge is -2.21. The Kier molecular flexibility index (Phi) is 3.00. The van der Waals surface area contributed by atoms with Gasteiger partial charge in [0.1, 0.15) is 6.04 Å². The number of aryl methyl sites for hydroxylation is 1. The molecule has 1 aliphatic rings. The number of para-hydroxylation sites is 1. The predicted molar refractivity (Wildman–Crippen MR) is 82.5 cm³/mol. The van der Waals surface area contributed by atoms with Gasteiger partial charge in [-0.3, -0.25) is 9.69 Å². The topological polar surface area (TPSA) is 77.1 Å². The molecule has 3 heterocycles. The number of nitrogens with zero attached hydrogens (tertiary/aromatic N) is 5. The molecule has 7 nitrogen and oxygen atoms in total. The minimum absolute atomic E-state index is 0.0447. The number of aromatic nitrogens is 4. The molecule has 0 aliphatic carbocycles. The standard InChI is InChI=1S/C16H15N5O2/c1-10(22)21-12-6-4-3-5-11(12)9-13(21)16-18-14(19-23-16)15-17-7-8-20(15)2/h3-8,13H,9H2,1-2H3/t13-/m0/s1. The van der Waals surface area contributed by atoms with Crippen LogP contribution in [0.4, 0.5) is 5.69 Å². The average Bonchev–Trinajstić information content (AvgIpc) is 3.23. The Balaban J connectivity index is 1.73. The number of hydrogen-bond acceptors (Lipinski definition) is 5. The quantitative estimate of drug-likeness (QED) is 0.724. The Bertz CT molecular complexity index is 882. The van der Waals surface area contributed by atoms with Crippen molar-refractivity contribution in [3.63, 3.8) is 0 Å². The van der Waals surface area contributed by atoms with Crippen LogP contribution < -0.4 is 4.90 Å². The number of imidazole rings is 1. The molecule has 1 amide bonds. The van der Waals surface area contributed by atoms with E-state index in [0.717, 1.165) is 11.3 Å². The maximum Gasteiger partial charge on any atom is 0.250 e. The summed E-state index contributed by atoms with van der Waals surface area (Å²) in [5.74, 6) is 1.43. The monoisotopic (exact) mass is 309 g/mol. The first-order valence-corrected chi connectivity index (χ1v) is 7.34. The van der Waals surface area contributed by atoms with Gasteiger partial charge in [0.2, 0.25) is 11.7 Å². The lowest BCUT2D eigenvalue weighted by molar-refractivity contribution is -0.117. The molecular weight excluding hydrogens is 294 g/mol. The van der Waals surface area contributed by atoms with Crippen LogP contribution >= 0.6 is 0 Å². The summed E-state index contributed by atoms with van der Waals surface area (Å²) < 4.78 is 7.25. The number of anilines is 1. The van der Waals surface area contributed by atoms with Crippen LogP contribution in [0.15, 0.2) is 41.2 Å². The maximum absolute atomic E-state index is 12.1. The number of carbonyl (C=O) groups is 1. The van der Waals surface area contributed by atoms with Crippen LogP contribution in [0.5, 0.6) is 0 Å². The fourth-order valence-corrected chi connectivity index (χ4v) is 3.02. The van der Waals surface area contributed by atoms with Gasteiger partial charge < -0.3 is 9.09 Å². The lowest BCUT2D eigenvalue weighted by Crippen LogP contribution is -2.30. The van der Waals surface area contributed by atoms with E-state index in [9.17, 15) is 4.79 Å². The third-order valence-electron chi connectivity index (χ3n) is 4.06. The highest BCUT2D eigenvalue weighted by atomic mass is 16.5. The summed E-state index contributed by atoms with van der Waals surface area (Å²) in [6, 6.07) is 7.57. The first-order chi connectivity index (χ1) is 11.1. The Morgan fingerprint density at radius 2 is 2.17 bits per heavy atom. The van der Waals surface area contributed by atoms with E-state index in [1.165, 1.54) is 0 Å². The van der Waals surface area contributed by atoms with Crippen LogP contribution in [0.1, 0.15) is 24.4 Å². The molecule has 0 N–H and O–H groups in total. The van der Waals surface area contributed by atoms with Crippen molar-refractivity contribution in [2.75, 3.05) is 4.90 Å². The fraction of sp³-hybridized carbons (Fsp3) is 0.250. The molecule has 0 unspecified atom stereocenters. The van der Waals surface area contributed by atoms with Crippen molar-refractivity contribution in [2.24, 2.45) is 7.05 Å². The molecule has 0 saturated heterocycles. The van der Waals surface area contributed by atoms with Crippen LogP contribution in [0.3, 0.4) is 0 Å². The van der Waals surface area contributed by atoms with Crippen molar-refractivity contribution in [3.8, 4) is 11.6 Å². The van der Waals surface area contributed by atoms with Crippen molar-refractivity contribution in [1.29, 1.82) is 0 Å². The number of fused-ring (bicyclic) bond motifs is 1. The molecule has 4 rings (SSSR count). The van der Waals surface area contributed by atoms with Gasteiger partial charge in [0.05, 0.1) is 0 Å². The number of rotatable bonds is 2. The van der Waals surface area contributed by atoms with E-state index in [1.807, 2.05) is 42.1 Å². The van der Waals surface area contributed by atoms with Crippen molar-refractivity contribution >= 4 is 11.6 Å². The molecular formula is C16H15N5O2. The van der Waals surface area contributed by atoms with E-state index in [0.29, 0.717) is 24.0 Å². The molecule has 1 aromatic carbocycles. The summed E-state index contributed by atoms with van der Waals surface area (Å²) in [5, 5.41) is 4.01. The van der Waals surface area contributed by atoms with E-state index >= 15 is 0 Å². The Morgan fingerprint density at radius 1 is 1.35 bits per heavy atom. The molecule has 7 heteroatoms. The fourth-order valence-electron chi connectivity index (χ4n) is 3.02. The number of amides is 1. The minimum atomic E-state index is -0.272. The molecule has 0 saturated carbocycles. The summed E-state index contributed by atoms with van der Waals surface area (Å²) in [4.78, 5) is 22.5. The van der Waals surface area contributed by atoms with Crippen molar-refractivity contribution < 1.29 is 9.32 Å². The average molecular weight is 309 g/mol. The van der Waals surface area contributed by atoms with Gasteiger partial charge in [-0.2, -0.15) is 4.98 Å². The number of benzene rings is 1. The molecule has 1 atom stereocenters. The molecule has 116 valence electrons. The van der Waals surface area contributed by atoms with Gasteiger partial charge in [0.15, 0.2) is 5.82 Å². The summed E-state index contributed by atoms with van der Waals surface area (Å²) in [6.07, 6.45) is 4.16. The first kappa shape index (κ1) is 13.7. The first-order valence-electron chi connectivity index (χ1n) is 7.34. The van der Waals surface area contributed by atoms with E-state index in [2.05, 4.69) is 15.1 Å². The third-order valence-corrected chi connectivity index (χ3v) is 4.06. The van der Waals surface area contributed by atoms with Gasteiger partial charge in [-0.15, -0.1) is 0 Å². The summed E-state index contributed by atoms with van der Waals surface area (Å²) in [5.41, 5.74) is 2.01. The minimum Gasteiger partial charge on any atom is -0.337 e. The SMILES string of the molecule is CC(=O)N1c2ccccc2C[C@H]1c1nc(-c2nccn2C)no1. The largest absolute Gasteiger partial charge is 0.337 e. The Morgan fingerprint density at radius 3 is 2.91 bits per heavy atom. The van der Waals surface area contributed by atoms with Crippen LogP contribution in [0, 0.1) is 0 Å². The van der Waals surface area contributed by atoms with Crippen molar-refractivity contribution in [1.82, 2.24) is 19.7 Å². The summed E-state index contributed by atoms with van der Waals surface area (Å²) in [6.45, 7) is 1.55. The molecule has 0 bridgehead atoms. The number of hydrogen-bond donors (Lipinski definition) is 0. The van der Waals surface area contributed by atoms with Crippen molar-refractivity contribution in [3.05, 3.63) is 48.1 Å². The van der Waals surface area contributed by atoms with Crippen LogP contribution in [0.2, 0.25) is 0 Å². The molecule has 2 aromatic heterocycles. The van der Waals surface area contributed by atoms with Gasteiger partial charge in [-0.05, 0) is 11.6 Å². The molecule has 3 aromatic rings. The van der Waals surface area contributed by atoms with Crippen LogP contribution in [0.25, 0.3) is 11.6 Å². The van der Waals surface area contributed by atoms with E-state index in [-0.39, 0.29) is 11.9 Å². The van der Waals surface area contributed by atoms with Gasteiger partial charge >= 0.3 is 0 Å². The highest BCUT2D eigenvalue weighted by Gasteiger charge is 2.36. The van der Waals surface area contributed by atoms with Gasteiger partial charge in [0.25, 0.3) is 5.89 Å². The summed E-state index contributed by atoms with van der Waals surface area (Å²) in [7, 11) is 1.87. The van der Waals surface area contributed by atoms with Gasteiger partial charge in [0, 0.05) is 38.5 Å². The van der Waals surface area contributed by atoms with E-state index in [1.54, 1.807) is 18.0 Å². The molecule has 0 fully saturated rings. The van der Waals surface area contributed by atoms with Gasteiger partial charge in [-0.25, -0.2) is 4.98 Å². The van der Waals surface area contributed by atoms with Crippen LogP contribution in [-0.4, -0.2) is 25.6 Å². The second-order valence-corrected chi connectivity index (χ2v) is 5.56. The Hall–Kier alpha value is -2.96. The van der Waals surface area contributed by atoms with Gasteiger partial charge in [-0.1, -0.05) is 23.4 Å². The van der Waals surface area contributed by atoms with E-state index in [4.69, 9.17) is 4.52 Å². The second-order valence-electron chi connectivity index (χ2n) is 5.56. The van der Waals surface area contributed by atoms with Crippen molar-refractivity contribution in [2.45, 2.75) is 19.4 Å². The number of carbonyl (C=O) groups excluding carboxylic acids is 1. The zero-order chi connectivity index (χ0) is 16.0. The smallest absolute Gasteiger partial charge is 0.250 e. The zero-order valence-electron chi connectivity index (χ0n) is 12.8. The molecule has 23 heavy (non-hydrogen) atoms. The predicted octanol–water partition coefficient (Wildman–Crippen LogP) is 2.12. The highest BCUT2D eigenvalue weighted by molar-refractivity contribution is 5.94. The maximum atomic E-state index is 12.1.